The summed E-state index contributed by atoms with van der Waals surface area (Å²) in [5, 5.41) is 12.4. The lowest BCUT2D eigenvalue weighted by atomic mass is 9.71. The third-order valence-corrected chi connectivity index (χ3v) is 5.48. The Morgan fingerprint density at radius 3 is 2.05 bits per heavy atom. The summed E-state index contributed by atoms with van der Waals surface area (Å²) in [5.74, 6) is -0.656. The maximum absolute atomic E-state index is 12.6. The second-order valence-electron chi connectivity index (χ2n) is 7.54. The van der Waals surface area contributed by atoms with Crippen molar-refractivity contribution in [1.29, 1.82) is 0 Å². The van der Waals surface area contributed by atoms with Crippen molar-refractivity contribution < 1.29 is 14.7 Å². The van der Waals surface area contributed by atoms with Gasteiger partial charge in [-0.15, -0.1) is 0 Å². The maximum atomic E-state index is 12.6. The van der Waals surface area contributed by atoms with E-state index in [4.69, 9.17) is 5.73 Å². The minimum atomic E-state index is -1.13. The van der Waals surface area contributed by atoms with Crippen molar-refractivity contribution in [2.75, 3.05) is 0 Å². The van der Waals surface area contributed by atoms with Crippen LogP contribution in [0.25, 0.3) is 0 Å². The number of nitrogens with two attached hydrogens (primary N) is 1. The Balaban J connectivity index is 2.91. The molecule has 1 aliphatic rings. The SMILES string of the molecule is CCC1CCC(NC(=O)C(C)(C)C(C)(C)N)(C(=O)O)CC1. The van der Waals surface area contributed by atoms with E-state index in [-0.39, 0.29) is 5.91 Å². The quantitative estimate of drug-likeness (QED) is 0.726. The molecule has 1 rings (SSSR count). The lowest BCUT2D eigenvalue weighted by Crippen LogP contribution is -2.63. The molecule has 0 aliphatic heterocycles. The van der Waals surface area contributed by atoms with Crippen LogP contribution in [-0.2, 0) is 9.59 Å². The van der Waals surface area contributed by atoms with Crippen molar-refractivity contribution in [2.45, 2.75) is 77.8 Å². The molecule has 1 aliphatic carbocycles. The molecule has 0 unspecified atom stereocenters. The Kier molecular flexibility index (Phi) is 5.09. The number of hydrogen-bond donors (Lipinski definition) is 3. The van der Waals surface area contributed by atoms with Crippen molar-refractivity contribution in [2.24, 2.45) is 17.1 Å². The van der Waals surface area contributed by atoms with Crippen molar-refractivity contribution in [3.05, 3.63) is 0 Å². The Bertz CT molecular complexity index is 402. The number of carbonyl (C=O) groups excluding carboxylic acids is 1. The normalized spacial score (nSPS) is 27.2. The molecule has 0 saturated heterocycles. The number of amides is 1. The average Bonchev–Trinajstić information content (AvgIpc) is 2.37. The second kappa shape index (κ2) is 5.95. The smallest absolute Gasteiger partial charge is 0.329 e. The monoisotopic (exact) mass is 298 g/mol. The van der Waals surface area contributed by atoms with E-state index < -0.39 is 22.5 Å². The Hall–Kier alpha value is -1.10. The van der Waals surface area contributed by atoms with Gasteiger partial charge in [0.15, 0.2) is 0 Å². The average molecular weight is 298 g/mol. The highest BCUT2D eigenvalue weighted by Crippen LogP contribution is 2.36. The van der Waals surface area contributed by atoms with Gasteiger partial charge in [0.1, 0.15) is 5.54 Å². The van der Waals surface area contributed by atoms with Gasteiger partial charge in [0.05, 0.1) is 5.41 Å². The van der Waals surface area contributed by atoms with Crippen molar-refractivity contribution in [3.8, 4) is 0 Å². The van der Waals surface area contributed by atoms with Gasteiger partial charge in [-0.25, -0.2) is 4.79 Å². The molecule has 21 heavy (non-hydrogen) atoms. The van der Waals surface area contributed by atoms with Gasteiger partial charge < -0.3 is 16.2 Å². The van der Waals surface area contributed by atoms with Crippen LogP contribution in [0.4, 0.5) is 0 Å². The van der Waals surface area contributed by atoms with Gasteiger partial charge in [-0.1, -0.05) is 13.3 Å². The molecule has 0 spiro atoms. The third kappa shape index (κ3) is 3.57. The molecular weight excluding hydrogens is 268 g/mol. The van der Waals surface area contributed by atoms with Crippen LogP contribution in [0.1, 0.15) is 66.7 Å². The fraction of sp³-hybridized carbons (Fsp3) is 0.875. The lowest BCUT2D eigenvalue weighted by Gasteiger charge is -2.42. The lowest BCUT2D eigenvalue weighted by molar-refractivity contribution is -0.152. The van der Waals surface area contributed by atoms with E-state index in [1.54, 1.807) is 27.7 Å². The number of carboxylic acid groups (broad SMARTS) is 1. The molecule has 0 radical (unpaired) electrons. The maximum Gasteiger partial charge on any atom is 0.329 e. The van der Waals surface area contributed by atoms with Crippen LogP contribution in [0, 0.1) is 11.3 Å². The predicted octanol–water partition coefficient (Wildman–Crippen LogP) is 2.29. The highest BCUT2D eigenvalue weighted by molar-refractivity contribution is 5.90. The van der Waals surface area contributed by atoms with Crippen LogP contribution in [0.5, 0.6) is 0 Å². The first-order valence-corrected chi connectivity index (χ1v) is 7.81. The van der Waals surface area contributed by atoms with Crippen LogP contribution in [0.3, 0.4) is 0 Å². The summed E-state index contributed by atoms with van der Waals surface area (Å²) in [6.45, 7) is 9.21. The summed E-state index contributed by atoms with van der Waals surface area (Å²) in [4.78, 5) is 24.3. The number of rotatable bonds is 5. The number of carbonyl (C=O) groups is 2. The van der Waals surface area contributed by atoms with E-state index in [2.05, 4.69) is 12.2 Å². The minimum Gasteiger partial charge on any atom is -0.480 e. The van der Waals surface area contributed by atoms with E-state index in [0.717, 1.165) is 19.3 Å². The van der Waals surface area contributed by atoms with E-state index in [0.29, 0.717) is 18.8 Å². The minimum absolute atomic E-state index is 0.285. The van der Waals surface area contributed by atoms with E-state index in [1.165, 1.54) is 0 Å². The first kappa shape index (κ1) is 18.0. The van der Waals surface area contributed by atoms with Crippen LogP contribution in [-0.4, -0.2) is 28.1 Å². The van der Waals surface area contributed by atoms with Gasteiger partial charge in [0, 0.05) is 5.54 Å². The zero-order valence-electron chi connectivity index (χ0n) is 14.0. The van der Waals surface area contributed by atoms with Crippen molar-refractivity contribution >= 4 is 11.9 Å². The van der Waals surface area contributed by atoms with E-state index in [9.17, 15) is 14.7 Å². The summed E-state index contributed by atoms with van der Waals surface area (Å²) >= 11 is 0. The number of carboxylic acids is 1. The molecule has 0 heterocycles. The molecule has 1 fully saturated rings. The van der Waals surface area contributed by atoms with Crippen molar-refractivity contribution in [3.63, 3.8) is 0 Å². The summed E-state index contributed by atoms with van der Waals surface area (Å²) < 4.78 is 0. The molecule has 4 N–H and O–H groups in total. The van der Waals surface area contributed by atoms with Crippen LogP contribution in [0.15, 0.2) is 0 Å². The molecule has 0 aromatic heterocycles. The summed E-state index contributed by atoms with van der Waals surface area (Å²) in [5.41, 5.74) is 3.38. The molecule has 1 saturated carbocycles. The molecule has 5 heteroatoms. The third-order valence-electron chi connectivity index (χ3n) is 5.48. The van der Waals surface area contributed by atoms with Crippen molar-refractivity contribution in [1.82, 2.24) is 5.32 Å². The molecule has 0 bridgehead atoms. The van der Waals surface area contributed by atoms with Gasteiger partial charge in [0.25, 0.3) is 0 Å². The van der Waals surface area contributed by atoms with Gasteiger partial charge in [-0.3, -0.25) is 4.79 Å². The molecule has 122 valence electrons. The van der Waals surface area contributed by atoms with Gasteiger partial charge in [-0.05, 0) is 59.3 Å². The van der Waals surface area contributed by atoms with Gasteiger partial charge >= 0.3 is 5.97 Å². The molecule has 0 aromatic rings. The zero-order chi connectivity index (χ0) is 16.5. The molecule has 5 nitrogen and oxygen atoms in total. The number of aliphatic carboxylic acids is 1. The summed E-state index contributed by atoms with van der Waals surface area (Å²) in [7, 11) is 0. The van der Waals surface area contributed by atoms with Gasteiger partial charge in [-0.2, -0.15) is 0 Å². The first-order chi connectivity index (χ1) is 9.46. The molecular formula is C16H30N2O3. The fourth-order valence-corrected chi connectivity index (χ4v) is 2.64. The fourth-order valence-electron chi connectivity index (χ4n) is 2.64. The number of hydrogen-bond acceptors (Lipinski definition) is 3. The Morgan fingerprint density at radius 1 is 1.24 bits per heavy atom. The molecule has 1 amide bonds. The van der Waals surface area contributed by atoms with Gasteiger partial charge in [0.2, 0.25) is 5.91 Å². The summed E-state index contributed by atoms with van der Waals surface area (Å²) in [6, 6.07) is 0. The number of nitrogens with one attached hydrogen (secondary N) is 1. The first-order valence-electron chi connectivity index (χ1n) is 7.81. The standard InChI is InChI=1S/C16H30N2O3/c1-6-11-7-9-16(10-8-11,13(20)21)18-12(19)14(2,3)15(4,5)17/h11H,6-10,17H2,1-5H3,(H,18,19)(H,20,21). The second-order valence-corrected chi connectivity index (χ2v) is 7.54. The topological polar surface area (TPSA) is 92.4 Å². The Labute approximate surface area is 127 Å². The predicted molar refractivity (Wildman–Crippen MR) is 82.8 cm³/mol. The zero-order valence-corrected chi connectivity index (χ0v) is 14.0. The summed E-state index contributed by atoms with van der Waals surface area (Å²) in [6.07, 6.45) is 3.73. The highest BCUT2D eigenvalue weighted by Gasteiger charge is 2.48. The van der Waals surface area contributed by atoms with Crippen LogP contribution < -0.4 is 11.1 Å². The Morgan fingerprint density at radius 2 is 1.71 bits per heavy atom. The van der Waals surface area contributed by atoms with Crippen LogP contribution >= 0.6 is 0 Å². The van der Waals surface area contributed by atoms with E-state index >= 15 is 0 Å². The molecule has 0 atom stereocenters. The molecule has 0 aromatic carbocycles. The largest absolute Gasteiger partial charge is 0.480 e. The highest BCUT2D eigenvalue weighted by atomic mass is 16.4. The van der Waals surface area contributed by atoms with E-state index in [1.807, 2.05) is 0 Å². The van der Waals surface area contributed by atoms with Crippen LogP contribution in [0.2, 0.25) is 0 Å².